The number of aliphatic hydroxyl groups is 1. The molecule has 0 saturated carbocycles. The van der Waals surface area contributed by atoms with Gasteiger partial charge in [-0.15, -0.1) is 0 Å². The molecule has 1 atom stereocenters. The van der Waals surface area contributed by atoms with Crippen LogP contribution in [0.15, 0.2) is 30.6 Å². The molecule has 17 heavy (non-hydrogen) atoms. The predicted octanol–water partition coefficient (Wildman–Crippen LogP) is 2.15. The molecule has 0 bridgehead atoms. The monoisotopic (exact) mass is 233 g/mol. The van der Waals surface area contributed by atoms with Gasteiger partial charge in [0.15, 0.2) is 0 Å². The third kappa shape index (κ3) is 2.58. The average Bonchev–Trinajstić information content (AvgIpc) is 2.77. The summed E-state index contributed by atoms with van der Waals surface area (Å²) >= 11 is 0. The lowest BCUT2D eigenvalue weighted by atomic mass is 10.0. The number of hydrogen-bond donors (Lipinski definition) is 2. The van der Waals surface area contributed by atoms with Crippen molar-refractivity contribution >= 4 is 11.5 Å². The van der Waals surface area contributed by atoms with Crippen LogP contribution in [0.25, 0.3) is 5.65 Å². The van der Waals surface area contributed by atoms with Gasteiger partial charge < -0.3 is 10.4 Å². The van der Waals surface area contributed by atoms with Crippen molar-refractivity contribution in [3.8, 4) is 0 Å². The molecule has 0 aliphatic carbocycles. The molecule has 0 saturated heterocycles. The number of nitrogens with one attached hydrogen (secondary N) is 1. The van der Waals surface area contributed by atoms with E-state index in [-0.39, 0.29) is 12.6 Å². The second-order valence-corrected chi connectivity index (χ2v) is 4.57. The van der Waals surface area contributed by atoms with Crippen LogP contribution in [0.4, 0.5) is 5.82 Å². The van der Waals surface area contributed by atoms with E-state index in [1.807, 2.05) is 28.8 Å². The van der Waals surface area contributed by atoms with Crippen molar-refractivity contribution < 1.29 is 5.11 Å². The first-order chi connectivity index (χ1) is 8.22. The van der Waals surface area contributed by atoms with Crippen molar-refractivity contribution in [2.45, 2.75) is 26.3 Å². The summed E-state index contributed by atoms with van der Waals surface area (Å²) < 4.78 is 2.02. The minimum atomic E-state index is 0.204. The van der Waals surface area contributed by atoms with Crippen molar-refractivity contribution in [2.75, 3.05) is 11.9 Å². The summed E-state index contributed by atoms with van der Waals surface area (Å²) in [6.45, 7) is 4.51. The molecular weight excluding hydrogens is 214 g/mol. The fourth-order valence-electron chi connectivity index (χ4n) is 1.97. The Morgan fingerprint density at radius 1 is 1.41 bits per heavy atom. The number of fused-ring (bicyclic) bond motifs is 1. The van der Waals surface area contributed by atoms with Gasteiger partial charge in [0.05, 0.1) is 0 Å². The zero-order valence-electron chi connectivity index (χ0n) is 10.3. The number of aliphatic hydroxyl groups excluding tert-OH is 1. The van der Waals surface area contributed by atoms with Gasteiger partial charge in [0.25, 0.3) is 0 Å². The molecule has 0 spiro atoms. The largest absolute Gasteiger partial charge is 0.396 e. The minimum absolute atomic E-state index is 0.204. The molecule has 0 aromatic carbocycles. The molecular formula is C13H19N3O. The number of anilines is 1. The van der Waals surface area contributed by atoms with Gasteiger partial charge in [-0.2, -0.15) is 0 Å². The van der Waals surface area contributed by atoms with Crippen LogP contribution in [-0.4, -0.2) is 27.1 Å². The molecule has 0 fully saturated rings. The highest BCUT2D eigenvalue weighted by Gasteiger charge is 2.13. The van der Waals surface area contributed by atoms with Gasteiger partial charge in [0.1, 0.15) is 11.5 Å². The summed E-state index contributed by atoms with van der Waals surface area (Å²) in [4.78, 5) is 4.25. The maximum Gasteiger partial charge on any atom is 0.138 e. The number of imidazole rings is 1. The lowest BCUT2D eigenvalue weighted by molar-refractivity contribution is 0.267. The topological polar surface area (TPSA) is 49.6 Å². The Labute approximate surface area is 101 Å². The molecule has 2 aromatic heterocycles. The summed E-state index contributed by atoms with van der Waals surface area (Å²) in [5.41, 5.74) is 0.932. The Bertz CT molecular complexity index is 478. The quantitative estimate of drug-likeness (QED) is 0.832. The Kier molecular flexibility index (Phi) is 3.64. The number of nitrogens with zero attached hydrogens (tertiary/aromatic N) is 2. The molecule has 2 heterocycles. The van der Waals surface area contributed by atoms with E-state index in [0.29, 0.717) is 5.92 Å². The molecule has 2 N–H and O–H groups in total. The van der Waals surface area contributed by atoms with Crippen LogP contribution in [-0.2, 0) is 0 Å². The van der Waals surface area contributed by atoms with Crippen LogP contribution in [0.5, 0.6) is 0 Å². The maximum absolute atomic E-state index is 9.08. The van der Waals surface area contributed by atoms with E-state index in [1.54, 1.807) is 6.20 Å². The second-order valence-electron chi connectivity index (χ2n) is 4.57. The third-order valence-corrected chi connectivity index (χ3v) is 3.01. The lowest BCUT2D eigenvalue weighted by Gasteiger charge is -2.23. The zero-order chi connectivity index (χ0) is 12.3. The SMILES string of the molecule is CC(C)C(CCO)Nc1cccc2nccn12. The van der Waals surface area contributed by atoms with Crippen LogP contribution in [0.3, 0.4) is 0 Å². The molecule has 2 aromatic rings. The second kappa shape index (κ2) is 5.19. The predicted molar refractivity (Wildman–Crippen MR) is 69.1 cm³/mol. The Hall–Kier alpha value is -1.55. The van der Waals surface area contributed by atoms with Gasteiger partial charge in [-0.1, -0.05) is 19.9 Å². The Morgan fingerprint density at radius 3 is 2.94 bits per heavy atom. The summed E-state index contributed by atoms with van der Waals surface area (Å²) in [7, 11) is 0. The number of rotatable bonds is 5. The smallest absolute Gasteiger partial charge is 0.138 e. The highest BCUT2D eigenvalue weighted by Crippen LogP contribution is 2.16. The van der Waals surface area contributed by atoms with E-state index in [9.17, 15) is 0 Å². The molecule has 92 valence electrons. The molecule has 0 radical (unpaired) electrons. The van der Waals surface area contributed by atoms with E-state index in [2.05, 4.69) is 24.1 Å². The number of aromatic nitrogens is 2. The fraction of sp³-hybridized carbons (Fsp3) is 0.462. The first-order valence-electron chi connectivity index (χ1n) is 6.02. The van der Waals surface area contributed by atoms with Crippen LogP contribution in [0.1, 0.15) is 20.3 Å². The van der Waals surface area contributed by atoms with Crippen molar-refractivity contribution in [3.05, 3.63) is 30.6 Å². The van der Waals surface area contributed by atoms with E-state index in [1.165, 1.54) is 0 Å². The van der Waals surface area contributed by atoms with Crippen LogP contribution < -0.4 is 5.32 Å². The van der Waals surface area contributed by atoms with E-state index in [0.717, 1.165) is 17.9 Å². The molecule has 4 heteroatoms. The standard InChI is InChI=1S/C13H19N3O/c1-10(2)11(6-9-17)15-13-5-3-4-12-14-7-8-16(12)13/h3-5,7-8,10-11,15,17H,6,9H2,1-2H3. The molecule has 0 aliphatic heterocycles. The summed E-state index contributed by atoms with van der Waals surface area (Å²) in [6.07, 6.45) is 4.48. The van der Waals surface area contributed by atoms with Gasteiger partial charge in [-0.3, -0.25) is 4.40 Å². The van der Waals surface area contributed by atoms with Crippen LogP contribution >= 0.6 is 0 Å². The van der Waals surface area contributed by atoms with E-state index in [4.69, 9.17) is 5.11 Å². The highest BCUT2D eigenvalue weighted by atomic mass is 16.3. The van der Waals surface area contributed by atoms with Crippen molar-refractivity contribution in [1.82, 2.24) is 9.38 Å². The van der Waals surface area contributed by atoms with Gasteiger partial charge in [0.2, 0.25) is 0 Å². The van der Waals surface area contributed by atoms with Gasteiger partial charge in [0, 0.05) is 25.0 Å². The fourth-order valence-corrected chi connectivity index (χ4v) is 1.97. The molecule has 0 aliphatic rings. The summed E-state index contributed by atoms with van der Waals surface area (Å²) in [6, 6.07) is 6.26. The van der Waals surface area contributed by atoms with Crippen molar-refractivity contribution in [3.63, 3.8) is 0 Å². The van der Waals surface area contributed by atoms with E-state index >= 15 is 0 Å². The van der Waals surface area contributed by atoms with Crippen molar-refractivity contribution in [2.24, 2.45) is 5.92 Å². The maximum atomic E-state index is 9.08. The molecule has 1 unspecified atom stereocenters. The Morgan fingerprint density at radius 2 is 2.24 bits per heavy atom. The minimum Gasteiger partial charge on any atom is -0.396 e. The van der Waals surface area contributed by atoms with Crippen molar-refractivity contribution in [1.29, 1.82) is 0 Å². The molecule has 2 rings (SSSR count). The average molecular weight is 233 g/mol. The number of hydrogen-bond acceptors (Lipinski definition) is 3. The third-order valence-electron chi connectivity index (χ3n) is 3.01. The first kappa shape index (κ1) is 11.9. The van der Waals surface area contributed by atoms with Crippen LogP contribution in [0, 0.1) is 5.92 Å². The Balaban J connectivity index is 2.24. The summed E-state index contributed by atoms with van der Waals surface area (Å²) in [5, 5.41) is 12.5. The molecule has 0 amide bonds. The van der Waals surface area contributed by atoms with Gasteiger partial charge in [-0.05, 0) is 24.5 Å². The normalized spacial score (nSPS) is 13.2. The number of pyridine rings is 1. The first-order valence-corrected chi connectivity index (χ1v) is 6.02. The lowest BCUT2D eigenvalue weighted by Crippen LogP contribution is -2.27. The van der Waals surface area contributed by atoms with E-state index < -0.39 is 0 Å². The molecule has 4 nitrogen and oxygen atoms in total. The zero-order valence-corrected chi connectivity index (χ0v) is 10.3. The highest BCUT2D eigenvalue weighted by molar-refractivity contribution is 5.50. The van der Waals surface area contributed by atoms with Gasteiger partial charge in [-0.25, -0.2) is 4.98 Å². The van der Waals surface area contributed by atoms with Crippen LogP contribution in [0.2, 0.25) is 0 Å². The van der Waals surface area contributed by atoms with Gasteiger partial charge >= 0.3 is 0 Å². The summed E-state index contributed by atoms with van der Waals surface area (Å²) in [5.74, 6) is 1.49.